The van der Waals surface area contributed by atoms with E-state index in [9.17, 15) is 0 Å². The first-order valence-corrected chi connectivity index (χ1v) is 10.3. The molecular formula is C3H10BCl3O3Si2. The van der Waals surface area contributed by atoms with Gasteiger partial charge in [0.1, 0.15) is 0 Å². The molecule has 0 aromatic rings. The van der Waals surface area contributed by atoms with Crippen LogP contribution in [0.4, 0.5) is 0 Å². The Labute approximate surface area is 88.8 Å². The lowest BCUT2D eigenvalue weighted by atomic mass is 10.7. The molecule has 0 atom stereocenters. The second-order valence-electron chi connectivity index (χ2n) is 2.09. The highest BCUT2D eigenvalue weighted by Gasteiger charge is 2.48. The zero-order chi connectivity index (χ0) is 9.83. The molecule has 12 heavy (non-hydrogen) atoms. The molecule has 0 N–H and O–H groups in total. The molecule has 0 rings (SSSR count). The normalized spacial score (nSPS) is 13.2. The van der Waals surface area contributed by atoms with Gasteiger partial charge >= 0.3 is 14.5 Å². The van der Waals surface area contributed by atoms with E-state index in [0.29, 0.717) is 0 Å². The van der Waals surface area contributed by atoms with Crippen LogP contribution >= 0.6 is 33.2 Å². The molecule has 3 nitrogen and oxygen atoms in total. The van der Waals surface area contributed by atoms with E-state index in [0.717, 1.165) is 0 Å². The van der Waals surface area contributed by atoms with Crippen LogP contribution < -0.4 is 0 Å². The van der Waals surface area contributed by atoms with Gasteiger partial charge in [-0.3, -0.25) is 0 Å². The van der Waals surface area contributed by atoms with E-state index in [-0.39, 0.29) is 6.46 Å². The van der Waals surface area contributed by atoms with Crippen molar-refractivity contribution in [2.75, 3.05) is 21.3 Å². The number of rotatable bonds is 5. The molecule has 0 amide bonds. The summed E-state index contributed by atoms with van der Waals surface area (Å²) in [5.41, 5.74) is 0. The minimum atomic E-state index is -2.75. The van der Waals surface area contributed by atoms with Gasteiger partial charge in [-0.2, -0.15) is 0 Å². The van der Waals surface area contributed by atoms with Crippen LogP contribution in [0.1, 0.15) is 0 Å². The van der Waals surface area contributed by atoms with Gasteiger partial charge in [-0.1, -0.05) is 0 Å². The molecule has 0 spiro atoms. The van der Waals surface area contributed by atoms with Crippen LogP contribution in [0.2, 0.25) is 0 Å². The first-order valence-electron chi connectivity index (χ1n) is 3.11. The molecule has 0 aromatic carbocycles. The van der Waals surface area contributed by atoms with Crippen molar-refractivity contribution < 1.29 is 13.3 Å². The highest BCUT2D eigenvalue weighted by Crippen LogP contribution is 2.22. The highest BCUT2D eigenvalue weighted by molar-refractivity contribution is 7.89. The average Bonchev–Trinajstić information content (AvgIpc) is 1.99. The van der Waals surface area contributed by atoms with E-state index in [2.05, 4.69) is 0 Å². The van der Waals surface area contributed by atoms with Crippen LogP contribution in [-0.2, 0) is 13.3 Å². The quantitative estimate of drug-likeness (QED) is 0.548. The van der Waals surface area contributed by atoms with E-state index in [4.69, 9.17) is 46.5 Å². The van der Waals surface area contributed by atoms with Crippen molar-refractivity contribution >= 4 is 54.2 Å². The largest absolute Gasteiger partial charge is 0.443 e. The van der Waals surface area contributed by atoms with Crippen LogP contribution in [-0.4, -0.2) is 42.3 Å². The second-order valence-corrected chi connectivity index (χ2v) is 14.9. The Morgan fingerprint density at radius 3 is 1.33 bits per heavy atom. The Morgan fingerprint density at radius 1 is 0.917 bits per heavy atom. The standard InChI is InChI=1S/C3H10BCl3O3Si2/c1-8-12(9-2,10-3)4-11(5,6)7/h4H,1-3H3. The molecule has 0 unspecified atom stereocenters. The zero-order valence-electron chi connectivity index (χ0n) is 7.07. The fraction of sp³-hybridized carbons (Fsp3) is 1.00. The molecule has 72 valence electrons. The fourth-order valence-corrected chi connectivity index (χ4v) is 9.33. The summed E-state index contributed by atoms with van der Waals surface area (Å²) < 4.78 is 15.3. The Kier molecular flexibility index (Phi) is 5.75. The maximum Gasteiger partial charge on any atom is 0.443 e. The van der Waals surface area contributed by atoms with Crippen molar-refractivity contribution in [1.82, 2.24) is 0 Å². The summed E-state index contributed by atoms with van der Waals surface area (Å²) in [6.07, 6.45) is 0. The van der Waals surface area contributed by atoms with E-state index in [1.165, 1.54) is 21.3 Å². The average molecular weight is 267 g/mol. The van der Waals surface area contributed by atoms with E-state index in [1.807, 2.05) is 0 Å². The molecule has 0 aliphatic carbocycles. The topological polar surface area (TPSA) is 27.7 Å². The number of halogens is 3. The molecule has 0 saturated heterocycles. The molecule has 0 aliphatic heterocycles. The van der Waals surface area contributed by atoms with Gasteiger partial charge in [0.2, 0.25) is 0 Å². The van der Waals surface area contributed by atoms with Crippen molar-refractivity contribution in [3.8, 4) is 0 Å². The van der Waals surface area contributed by atoms with Gasteiger partial charge in [-0.05, 0) is 0 Å². The van der Waals surface area contributed by atoms with Crippen molar-refractivity contribution in [3.05, 3.63) is 0 Å². The number of hydrogen-bond acceptors (Lipinski definition) is 3. The molecule has 0 aromatic heterocycles. The van der Waals surface area contributed by atoms with Gasteiger partial charge in [-0.15, -0.1) is 33.2 Å². The lowest BCUT2D eigenvalue weighted by molar-refractivity contribution is 0.149. The maximum absolute atomic E-state index is 5.72. The smallest absolute Gasteiger partial charge is 0.383 e. The first kappa shape index (κ1) is 13.2. The zero-order valence-corrected chi connectivity index (χ0v) is 11.3. The molecule has 0 fully saturated rings. The highest BCUT2D eigenvalue weighted by atomic mass is 35.8. The Bertz CT molecular complexity index is 131. The predicted octanol–water partition coefficient (Wildman–Crippen LogP) is 0.950. The summed E-state index contributed by atoms with van der Waals surface area (Å²) in [5.74, 6) is -2.75. The first-order chi connectivity index (χ1) is 5.39. The summed E-state index contributed by atoms with van der Waals surface area (Å²) in [7, 11) is 1.78. The van der Waals surface area contributed by atoms with E-state index < -0.39 is 14.5 Å². The van der Waals surface area contributed by atoms with E-state index >= 15 is 0 Å². The van der Waals surface area contributed by atoms with Gasteiger partial charge in [0.15, 0.2) is 0 Å². The van der Waals surface area contributed by atoms with Gasteiger partial charge < -0.3 is 13.3 Å². The molecule has 0 saturated carbocycles. The van der Waals surface area contributed by atoms with E-state index in [1.54, 1.807) is 0 Å². The van der Waals surface area contributed by atoms with Crippen molar-refractivity contribution in [2.24, 2.45) is 0 Å². The van der Waals surface area contributed by atoms with Crippen LogP contribution in [0.15, 0.2) is 0 Å². The third-order valence-electron chi connectivity index (χ3n) is 1.35. The van der Waals surface area contributed by atoms with Crippen LogP contribution in [0.5, 0.6) is 0 Å². The van der Waals surface area contributed by atoms with Gasteiger partial charge in [0, 0.05) is 21.3 Å². The lowest BCUT2D eigenvalue weighted by Crippen LogP contribution is -2.56. The summed E-state index contributed by atoms with van der Waals surface area (Å²) in [5, 5.41) is 0. The van der Waals surface area contributed by atoms with Crippen molar-refractivity contribution in [3.63, 3.8) is 0 Å². The second kappa shape index (κ2) is 5.21. The van der Waals surface area contributed by atoms with Crippen molar-refractivity contribution in [2.45, 2.75) is 0 Å². The van der Waals surface area contributed by atoms with Crippen molar-refractivity contribution in [1.29, 1.82) is 0 Å². The Balaban J connectivity index is 4.30. The van der Waals surface area contributed by atoms with Gasteiger partial charge in [0.05, 0.1) is 0 Å². The molecule has 9 heteroatoms. The van der Waals surface area contributed by atoms with Crippen LogP contribution in [0.25, 0.3) is 0 Å². The third kappa shape index (κ3) is 4.48. The lowest BCUT2D eigenvalue weighted by Gasteiger charge is -2.25. The fourth-order valence-electron chi connectivity index (χ4n) is 0.712. The summed E-state index contributed by atoms with van der Waals surface area (Å²) in [6.45, 7) is 0.272. The summed E-state index contributed by atoms with van der Waals surface area (Å²) in [4.78, 5) is 0. The predicted molar refractivity (Wildman–Crippen MR) is 57.2 cm³/mol. The summed E-state index contributed by atoms with van der Waals surface area (Å²) in [6, 6.07) is 0. The third-order valence-corrected chi connectivity index (χ3v) is 10.2. The summed E-state index contributed by atoms with van der Waals surface area (Å²) >= 11 is 17.2. The molecule has 0 radical (unpaired) electrons. The Hall–Kier alpha value is 1.25. The Morgan fingerprint density at radius 2 is 1.25 bits per heavy atom. The molecule has 0 aliphatic rings. The SMILES string of the molecule is CO[Si](B[Si](Cl)(Cl)Cl)(OC)OC. The number of hydrogen-bond donors (Lipinski definition) is 0. The van der Waals surface area contributed by atoms with Crippen LogP contribution in [0, 0.1) is 0 Å². The monoisotopic (exact) mass is 266 g/mol. The maximum atomic E-state index is 5.72. The van der Waals surface area contributed by atoms with Gasteiger partial charge in [-0.25, -0.2) is 0 Å². The molecular weight excluding hydrogens is 257 g/mol. The molecule has 0 heterocycles. The minimum absolute atomic E-state index is 0.272. The minimum Gasteiger partial charge on any atom is -0.383 e. The molecule has 0 bridgehead atoms. The van der Waals surface area contributed by atoms with Gasteiger partial charge in [0.25, 0.3) is 6.46 Å². The van der Waals surface area contributed by atoms with Crippen LogP contribution in [0.3, 0.4) is 0 Å².